The molecule has 0 saturated carbocycles. The third kappa shape index (κ3) is 3.82. The zero-order valence-corrected chi connectivity index (χ0v) is 15.3. The van der Waals surface area contributed by atoms with Gasteiger partial charge in [-0.2, -0.15) is 0 Å². The molecule has 0 N–H and O–H groups in total. The minimum Gasteiger partial charge on any atom is -0.497 e. The maximum atomic E-state index is 11.8. The predicted octanol–water partition coefficient (Wildman–Crippen LogP) is 4.23. The van der Waals surface area contributed by atoms with Crippen LogP contribution >= 0.6 is 0 Å². The minimum absolute atomic E-state index is 0.275. The van der Waals surface area contributed by atoms with Gasteiger partial charge >= 0.3 is 5.63 Å². The molecule has 0 bridgehead atoms. The van der Waals surface area contributed by atoms with Gasteiger partial charge in [-0.3, -0.25) is 0 Å². The van der Waals surface area contributed by atoms with Gasteiger partial charge in [-0.1, -0.05) is 6.07 Å². The number of methoxy groups -OCH3 is 1. The van der Waals surface area contributed by atoms with E-state index in [1.807, 2.05) is 24.3 Å². The number of nitrogens with zero attached hydrogens (tertiary/aromatic N) is 1. The number of anilines is 1. The van der Waals surface area contributed by atoms with E-state index in [4.69, 9.17) is 13.9 Å². The molecule has 0 radical (unpaired) electrons. The monoisotopic (exact) mass is 353 g/mol. The smallest absolute Gasteiger partial charge is 0.336 e. The maximum absolute atomic E-state index is 11.8. The summed E-state index contributed by atoms with van der Waals surface area (Å²) < 4.78 is 16.5. The van der Waals surface area contributed by atoms with E-state index in [0.717, 1.165) is 35.5 Å². The molecule has 1 aromatic heterocycles. The molecule has 5 nitrogen and oxygen atoms in total. The van der Waals surface area contributed by atoms with Crippen LogP contribution in [0.4, 0.5) is 5.69 Å². The Labute approximate surface area is 152 Å². The van der Waals surface area contributed by atoms with E-state index in [-0.39, 0.29) is 6.61 Å². The van der Waals surface area contributed by atoms with Crippen molar-refractivity contribution in [2.75, 3.05) is 25.1 Å². The van der Waals surface area contributed by atoms with Crippen molar-refractivity contribution in [2.24, 2.45) is 0 Å². The molecule has 0 aliphatic heterocycles. The van der Waals surface area contributed by atoms with Crippen molar-refractivity contribution in [2.45, 2.75) is 20.5 Å². The topological polar surface area (TPSA) is 51.9 Å². The highest BCUT2D eigenvalue weighted by Gasteiger charge is 2.09. The highest BCUT2D eigenvalue weighted by molar-refractivity contribution is 5.81. The van der Waals surface area contributed by atoms with Gasteiger partial charge in [0.05, 0.1) is 7.11 Å². The molecule has 0 spiro atoms. The standard InChI is InChI=1S/C21H23NO4/c1-4-22(5-2)16-7-6-8-18(12-16)25-14-15-11-21(23)26-20-10-9-17(24-3)13-19(15)20/h6-13H,4-5,14H2,1-3H3. The van der Waals surface area contributed by atoms with E-state index in [0.29, 0.717) is 11.3 Å². The number of benzene rings is 2. The van der Waals surface area contributed by atoms with Crippen LogP contribution in [0.15, 0.2) is 57.7 Å². The van der Waals surface area contributed by atoms with Crippen LogP contribution in [0.25, 0.3) is 11.0 Å². The Morgan fingerprint density at radius 2 is 1.81 bits per heavy atom. The van der Waals surface area contributed by atoms with E-state index >= 15 is 0 Å². The van der Waals surface area contributed by atoms with E-state index in [1.165, 1.54) is 6.07 Å². The van der Waals surface area contributed by atoms with Gasteiger partial charge in [0.25, 0.3) is 0 Å². The van der Waals surface area contributed by atoms with Gasteiger partial charge in [0.2, 0.25) is 0 Å². The number of hydrogen-bond donors (Lipinski definition) is 0. The van der Waals surface area contributed by atoms with Crippen molar-refractivity contribution in [3.05, 3.63) is 64.5 Å². The molecule has 0 fully saturated rings. The van der Waals surface area contributed by atoms with Crippen molar-refractivity contribution in [1.82, 2.24) is 0 Å². The molecule has 2 aromatic carbocycles. The van der Waals surface area contributed by atoms with Crippen molar-refractivity contribution in [3.8, 4) is 11.5 Å². The zero-order valence-electron chi connectivity index (χ0n) is 15.3. The molecule has 0 aliphatic rings. The summed E-state index contributed by atoms with van der Waals surface area (Å²) in [4.78, 5) is 14.1. The van der Waals surface area contributed by atoms with Gasteiger partial charge in [-0.25, -0.2) is 4.79 Å². The molecule has 3 aromatic rings. The summed E-state index contributed by atoms with van der Waals surface area (Å²) in [5, 5.41) is 0.809. The van der Waals surface area contributed by atoms with Gasteiger partial charge in [-0.15, -0.1) is 0 Å². The minimum atomic E-state index is -0.391. The summed E-state index contributed by atoms with van der Waals surface area (Å²) in [5.74, 6) is 1.47. The lowest BCUT2D eigenvalue weighted by Crippen LogP contribution is -2.21. The van der Waals surface area contributed by atoms with Crippen LogP contribution in [-0.2, 0) is 6.61 Å². The third-order valence-electron chi connectivity index (χ3n) is 4.38. The molecular formula is C21H23NO4. The van der Waals surface area contributed by atoms with E-state index in [9.17, 15) is 4.79 Å². The Bertz CT molecular complexity index is 944. The summed E-state index contributed by atoms with van der Waals surface area (Å²) in [6.07, 6.45) is 0. The normalized spacial score (nSPS) is 10.7. The average Bonchev–Trinajstić information content (AvgIpc) is 2.67. The van der Waals surface area contributed by atoms with E-state index in [1.54, 1.807) is 19.2 Å². The molecule has 3 rings (SSSR count). The van der Waals surface area contributed by atoms with E-state index in [2.05, 4.69) is 24.8 Å². The molecule has 0 aliphatic carbocycles. The van der Waals surface area contributed by atoms with E-state index < -0.39 is 5.63 Å². The number of rotatable bonds is 7. The van der Waals surface area contributed by atoms with Crippen LogP contribution in [0.2, 0.25) is 0 Å². The van der Waals surface area contributed by atoms with Crippen LogP contribution in [-0.4, -0.2) is 20.2 Å². The molecular weight excluding hydrogens is 330 g/mol. The zero-order chi connectivity index (χ0) is 18.5. The van der Waals surface area contributed by atoms with Gasteiger partial charge in [-0.05, 0) is 44.2 Å². The number of fused-ring (bicyclic) bond motifs is 1. The first-order valence-corrected chi connectivity index (χ1v) is 8.73. The Balaban J connectivity index is 1.88. The summed E-state index contributed by atoms with van der Waals surface area (Å²) in [5.41, 5.74) is 2.02. The van der Waals surface area contributed by atoms with Crippen LogP contribution in [0, 0.1) is 0 Å². The highest BCUT2D eigenvalue weighted by Crippen LogP contribution is 2.25. The summed E-state index contributed by atoms with van der Waals surface area (Å²) in [6.45, 7) is 6.39. The summed E-state index contributed by atoms with van der Waals surface area (Å²) >= 11 is 0. The highest BCUT2D eigenvalue weighted by atomic mass is 16.5. The SMILES string of the molecule is CCN(CC)c1cccc(OCc2cc(=O)oc3ccc(OC)cc23)c1. The fraction of sp³-hybridized carbons (Fsp3) is 0.286. The Morgan fingerprint density at radius 1 is 1.00 bits per heavy atom. The molecule has 0 saturated heterocycles. The second kappa shape index (κ2) is 7.95. The molecule has 0 unspecified atom stereocenters. The molecule has 26 heavy (non-hydrogen) atoms. The molecule has 1 heterocycles. The molecule has 0 amide bonds. The van der Waals surface area contributed by atoms with Crippen molar-refractivity contribution in [1.29, 1.82) is 0 Å². The van der Waals surface area contributed by atoms with Gasteiger partial charge in [0.1, 0.15) is 23.7 Å². The predicted molar refractivity (Wildman–Crippen MR) is 103 cm³/mol. The second-order valence-electron chi connectivity index (χ2n) is 5.91. The lowest BCUT2D eigenvalue weighted by molar-refractivity contribution is 0.306. The fourth-order valence-electron chi connectivity index (χ4n) is 2.97. The molecule has 0 atom stereocenters. The van der Waals surface area contributed by atoms with Crippen LogP contribution in [0.5, 0.6) is 11.5 Å². The lowest BCUT2D eigenvalue weighted by Gasteiger charge is -2.21. The van der Waals surface area contributed by atoms with Gasteiger partial charge in [0, 0.05) is 41.9 Å². The Kier molecular flexibility index (Phi) is 5.46. The van der Waals surface area contributed by atoms with Crippen molar-refractivity contribution >= 4 is 16.7 Å². The fourth-order valence-corrected chi connectivity index (χ4v) is 2.97. The first kappa shape index (κ1) is 17.9. The number of hydrogen-bond acceptors (Lipinski definition) is 5. The second-order valence-corrected chi connectivity index (χ2v) is 5.91. The molecule has 5 heteroatoms. The van der Waals surface area contributed by atoms with Gasteiger partial charge < -0.3 is 18.8 Å². The van der Waals surface area contributed by atoms with Crippen LogP contribution in [0.1, 0.15) is 19.4 Å². The summed E-state index contributed by atoms with van der Waals surface area (Å²) in [6, 6.07) is 14.8. The first-order chi connectivity index (χ1) is 12.6. The third-order valence-corrected chi connectivity index (χ3v) is 4.38. The van der Waals surface area contributed by atoms with Crippen molar-refractivity contribution < 1.29 is 13.9 Å². The maximum Gasteiger partial charge on any atom is 0.336 e. The largest absolute Gasteiger partial charge is 0.497 e. The van der Waals surface area contributed by atoms with Crippen molar-refractivity contribution in [3.63, 3.8) is 0 Å². The Morgan fingerprint density at radius 3 is 2.54 bits per heavy atom. The average molecular weight is 353 g/mol. The number of ether oxygens (including phenoxy) is 2. The lowest BCUT2D eigenvalue weighted by atomic mass is 10.1. The van der Waals surface area contributed by atoms with Gasteiger partial charge in [0.15, 0.2) is 0 Å². The Hall–Kier alpha value is -2.95. The quantitative estimate of drug-likeness (QED) is 0.595. The van der Waals surface area contributed by atoms with Crippen LogP contribution in [0.3, 0.4) is 0 Å². The molecule has 136 valence electrons. The van der Waals surface area contributed by atoms with Crippen LogP contribution < -0.4 is 20.0 Å². The summed E-state index contributed by atoms with van der Waals surface area (Å²) in [7, 11) is 1.61. The first-order valence-electron chi connectivity index (χ1n) is 8.73.